The molecule has 148 valence electrons. The quantitative estimate of drug-likeness (QED) is 0.655. The molecule has 1 atom stereocenters. The topological polar surface area (TPSA) is 93.7 Å². The number of carbonyl (C=O) groups is 1. The van der Waals surface area contributed by atoms with Gasteiger partial charge in [-0.15, -0.1) is 6.58 Å². The van der Waals surface area contributed by atoms with Gasteiger partial charge in [0.2, 0.25) is 15.9 Å². The average molecular weight is 402 g/mol. The Kier molecular flexibility index (Phi) is 6.33. The summed E-state index contributed by atoms with van der Waals surface area (Å²) in [6.07, 6.45) is 1.75. The van der Waals surface area contributed by atoms with E-state index in [1.165, 1.54) is 18.2 Å². The van der Waals surface area contributed by atoms with Gasteiger partial charge < -0.3 is 14.8 Å². The summed E-state index contributed by atoms with van der Waals surface area (Å²) in [5.41, 5.74) is 0.839. The highest BCUT2D eigenvalue weighted by Crippen LogP contribution is 2.32. The fraction of sp³-hybridized carbons (Fsp3) is 0.250. The van der Waals surface area contributed by atoms with E-state index < -0.39 is 22.0 Å². The zero-order valence-electron chi connectivity index (χ0n) is 15.3. The number of benzene rings is 2. The van der Waals surface area contributed by atoms with Gasteiger partial charge in [-0.1, -0.05) is 36.4 Å². The Balaban J connectivity index is 1.83. The first kappa shape index (κ1) is 19.9. The molecular weight excluding hydrogens is 380 g/mol. The van der Waals surface area contributed by atoms with Crippen LogP contribution >= 0.6 is 0 Å². The molecule has 7 nitrogen and oxygen atoms in total. The van der Waals surface area contributed by atoms with Gasteiger partial charge in [0.05, 0.1) is 4.90 Å². The number of carbonyl (C=O) groups excluding carboxylic acids is 1. The van der Waals surface area contributed by atoms with Crippen LogP contribution in [0.4, 0.5) is 0 Å². The van der Waals surface area contributed by atoms with Crippen LogP contribution in [0, 0.1) is 0 Å². The van der Waals surface area contributed by atoms with Gasteiger partial charge in [-0.25, -0.2) is 8.42 Å². The Labute approximate surface area is 164 Å². The summed E-state index contributed by atoms with van der Waals surface area (Å²) in [5.74, 6) is 0.435. The molecule has 0 aromatic heterocycles. The van der Waals surface area contributed by atoms with Crippen LogP contribution in [0.5, 0.6) is 11.5 Å². The fourth-order valence-corrected chi connectivity index (χ4v) is 3.99. The molecule has 1 aliphatic heterocycles. The van der Waals surface area contributed by atoms with Crippen LogP contribution < -0.4 is 19.5 Å². The maximum atomic E-state index is 12.9. The van der Waals surface area contributed by atoms with Crippen molar-refractivity contribution in [3.63, 3.8) is 0 Å². The third kappa shape index (κ3) is 4.90. The summed E-state index contributed by atoms with van der Waals surface area (Å²) in [5, 5.41) is 2.65. The molecule has 28 heavy (non-hydrogen) atoms. The van der Waals surface area contributed by atoms with Gasteiger partial charge in [-0.05, 0) is 24.1 Å². The second-order valence-electron chi connectivity index (χ2n) is 6.20. The summed E-state index contributed by atoms with van der Waals surface area (Å²) < 4.78 is 39.2. The van der Waals surface area contributed by atoms with Gasteiger partial charge in [0.1, 0.15) is 19.3 Å². The molecule has 0 spiro atoms. The Hall–Kier alpha value is -2.84. The van der Waals surface area contributed by atoms with Crippen molar-refractivity contribution in [3.05, 3.63) is 66.7 Å². The molecule has 0 saturated heterocycles. The molecule has 0 unspecified atom stereocenters. The SMILES string of the molecule is C=CCNC(=O)[C@H](Cc1ccccc1)NS(=O)(=O)c1ccc2c(c1)OCCO2. The van der Waals surface area contributed by atoms with Gasteiger partial charge in [0.25, 0.3) is 0 Å². The molecule has 0 fully saturated rings. The number of rotatable bonds is 8. The van der Waals surface area contributed by atoms with E-state index in [1.54, 1.807) is 6.07 Å². The van der Waals surface area contributed by atoms with Crippen molar-refractivity contribution in [1.29, 1.82) is 0 Å². The normalized spacial score (nSPS) is 14.1. The minimum absolute atomic E-state index is 0.00586. The first-order chi connectivity index (χ1) is 13.5. The number of ether oxygens (including phenoxy) is 2. The highest BCUT2D eigenvalue weighted by atomic mass is 32.2. The minimum Gasteiger partial charge on any atom is -0.486 e. The van der Waals surface area contributed by atoms with Crippen LogP contribution in [0.15, 0.2) is 66.1 Å². The van der Waals surface area contributed by atoms with E-state index in [-0.39, 0.29) is 17.9 Å². The lowest BCUT2D eigenvalue weighted by Gasteiger charge is -2.21. The number of amides is 1. The number of hydrogen-bond acceptors (Lipinski definition) is 5. The highest BCUT2D eigenvalue weighted by Gasteiger charge is 2.27. The smallest absolute Gasteiger partial charge is 0.241 e. The number of fused-ring (bicyclic) bond motifs is 1. The molecule has 2 aromatic carbocycles. The van der Waals surface area contributed by atoms with Crippen molar-refractivity contribution in [2.45, 2.75) is 17.4 Å². The average Bonchev–Trinajstić information content (AvgIpc) is 2.71. The highest BCUT2D eigenvalue weighted by molar-refractivity contribution is 7.89. The summed E-state index contributed by atoms with van der Waals surface area (Å²) in [4.78, 5) is 12.5. The Morgan fingerprint density at radius 3 is 2.54 bits per heavy atom. The summed E-state index contributed by atoms with van der Waals surface area (Å²) in [6, 6.07) is 12.6. The molecule has 3 rings (SSSR count). The van der Waals surface area contributed by atoms with Gasteiger partial charge in [0.15, 0.2) is 11.5 Å². The van der Waals surface area contributed by atoms with Crippen LogP contribution in [0.25, 0.3) is 0 Å². The second-order valence-corrected chi connectivity index (χ2v) is 7.92. The van der Waals surface area contributed by atoms with E-state index in [1.807, 2.05) is 30.3 Å². The number of nitrogens with one attached hydrogen (secondary N) is 2. The third-order valence-corrected chi connectivity index (χ3v) is 5.61. The number of sulfonamides is 1. The van der Waals surface area contributed by atoms with Crippen LogP contribution in [0.1, 0.15) is 5.56 Å². The van der Waals surface area contributed by atoms with Crippen LogP contribution in [0.3, 0.4) is 0 Å². The maximum absolute atomic E-state index is 12.9. The molecule has 1 amide bonds. The summed E-state index contributed by atoms with van der Waals surface area (Å²) in [7, 11) is -3.96. The summed E-state index contributed by atoms with van der Waals surface area (Å²) >= 11 is 0. The van der Waals surface area contributed by atoms with Crippen LogP contribution in [0.2, 0.25) is 0 Å². The Morgan fingerprint density at radius 1 is 1.11 bits per heavy atom. The lowest BCUT2D eigenvalue weighted by atomic mass is 10.1. The fourth-order valence-electron chi connectivity index (χ4n) is 2.78. The first-order valence-corrected chi connectivity index (χ1v) is 10.3. The molecule has 2 N–H and O–H groups in total. The van der Waals surface area contributed by atoms with Crippen molar-refractivity contribution in [2.75, 3.05) is 19.8 Å². The predicted molar refractivity (Wildman–Crippen MR) is 105 cm³/mol. The van der Waals surface area contributed by atoms with E-state index in [0.717, 1.165) is 5.56 Å². The van der Waals surface area contributed by atoms with E-state index in [4.69, 9.17) is 9.47 Å². The monoisotopic (exact) mass is 402 g/mol. The molecule has 1 aliphatic rings. The number of hydrogen-bond donors (Lipinski definition) is 2. The standard InChI is InChI=1S/C20H22N2O5S/c1-2-10-21-20(23)17(13-15-6-4-3-5-7-15)22-28(24,25)16-8-9-18-19(14-16)27-12-11-26-18/h2-9,14,17,22H,1,10-13H2,(H,21,23)/t17-/m0/s1. The molecule has 0 radical (unpaired) electrons. The zero-order chi connectivity index (χ0) is 20.0. The molecule has 0 aliphatic carbocycles. The van der Waals surface area contributed by atoms with Crippen molar-refractivity contribution < 1.29 is 22.7 Å². The summed E-state index contributed by atoms with van der Waals surface area (Å²) in [6.45, 7) is 4.57. The van der Waals surface area contributed by atoms with E-state index in [0.29, 0.717) is 24.7 Å². The largest absolute Gasteiger partial charge is 0.486 e. The van der Waals surface area contributed by atoms with E-state index in [9.17, 15) is 13.2 Å². The first-order valence-electron chi connectivity index (χ1n) is 8.84. The van der Waals surface area contributed by atoms with Gasteiger partial charge in [-0.2, -0.15) is 4.72 Å². The molecule has 1 heterocycles. The van der Waals surface area contributed by atoms with Crippen molar-refractivity contribution in [2.24, 2.45) is 0 Å². The van der Waals surface area contributed by atoms with Gasteiger partial charge in [0, 0.05) is 12.6 Å². The molecule has 0 bridgehead atoms. The molecule has 8 heteroatoms. The molecule has 2 aromatic rings. The molecule has 0 saturated carbocycles. The second kappa shape index (κ2) is 8.90. The van der Waals surface area contributed by atoms with E-state index >= 15 is 0 Å². The Bertz CT molecular complexity index is 944. The third-order valence-electron chi connectivity index (χ3n) is 4.14. The Morgan fingerprint density at radius 2 is 1.82 bits per heavy atom. The van der Waals surface area contributed by atoms with Gasteiger partial charge >= 0.3 is 0 Å². The van der Waals surface area contributed by atoms with Crippen molar-refractivity contribution in [1.82, 2.24) is 10.0 Å². The zero-order valence-corrected chi connectivity index (χ0v) is 16.1. The maximum Gasteiger partial charge on any atom is 0.241 e. The van der Waals surface area contributed by atoms with Crippen molar-refractivity contribution in [3.8, 4) is 11.5 Å². The van der Waals surface area contributed by atoms with Crippen LogP contribution in [-0.4, -0.2) is 40.1 Å². The lowest BCUT2D eigenvalue weighted by Crippen LogP contribution is -2.48. The van der Waals surface area contributed by atoms with Crippen molar-refractivity contribution >= 4 is 15.9 Å². The lowest BCUT2D eigenvalue weighted by molar-refractivity contribution is -0.122. The van der Waals surface area contributed by atoms with Crippen LogP contribution in [-0.2, 0) is 21.2 Å². The van der Waals surface area contributed by atoms with E-state index in [2.05, 4.69) is 16.6 Å². The minimum atomic E-state index is -3.96. The van der Waals surface area contributed by atoms with Gasteiger partial charge in [-0.3, -0.25) is 4.79 Å². The molecular formula is C20H22N2O5S. The predicted octanol–water partition coefficient (Wildman–Crippen LogP) is 1.65.